The van der Waals surface area contributed by atoms with Gasteiger partial charge in [-0.15, -0.1) is 0 Å². The van der Waals surface area contributed by atoms with Crippen LogP contribution in [0.15, 0.2) is 18.2 Å². The van der Waals surface area contributed by atoms with Crippen molar-refractivity contribution in [2.45, 2.75) is 37.6 Å². The molecule has 0 fully saturated rings. The summed E-state index contributed by atoms with van der Waals surface area (Å²) in [5.74, 6) is 0. The van der Waals surface area contributed by atoms with Crippen LogP contribution in [0, 0.1) is 0 Å². The van der Waals surface area contributed by atoms with Gasteiger partial charge in [0, 0.05) is 0 Å². The van der Waals surface area contributed by atoms with E-state index in [4.69, 9.17) is 5.73 Å². The van der Waals surface area contributed by atoms with Gasteiger partial charge in [-0.25, -0.2) is 0 Å². The molecule has 94 valence electrons. The van der Waals surface area contributed by atoms with Crippen molar-refractivity contribution >= 4 is 0 Å². The Morgan fingerprint density at radius 2 is 2.00 bits per heavy atom. The molecule has 2 rings (SSSR count). The van der Waals surface area contributed by atoms with Crippen LogP contribution in [-0.2, 0) is 12.6 Å². The Morgan fingerprint density at radius 1 is 1.29 bits per heavy atom. The minimum Gasteiger partial charge on any atom is -0.391 e. The maximum absolute atomic E-state index is 12.6. The molecule has 17 heavy (non-hydrogen) atoms. The highest BCUT2D eigenvalue weighted by Gasteiger charge is 2.32. The Balaban J connectivity index is 2.46. The number of aliphatic hydroxyl groups is 1. The van der Waals surface area contributed by atoms with Crippen molar-refractivity contribution in [2.24, 2.45) is 5.73 Å². The third-order valence-corrected chi connectivity index (χ3v) is 3.19. The SMILES string of the molecule is N[C@@H]1c2cc(C(F)(F)F)ccc2CCC[C@H]1O. The number of nitrogens with two attached hydrogens (primary N) is 1. The van der Waals surface area contributed by atoms with E-state index in [1.807, 2.05) is 0 Å². The van der Waals surface area contributed by atoms with Crippen molar-refractivity contribution in [3.8, 4) is 0 Å². The molecule has 1 aliphatic rings. The Morgan fingerprint density at radius 3 is 2.65 bits per heavy atom. The summed E-state index contributed by atoms with van der Waals surface area (Å²) >= 11 is 0. The van der Waals surface area contributed by atoms with Crippen LogP contribution in [0.1, 0.15) is 35.6 Å². The molecule has 0 amide bonds. The lowest BCUT2D eigenvalue weighted by Gasteiger charge is -2.19. The monoisotopic (exact) mass is 245 g/mol. The largest absolute Gasteiger partial charge is 0.416 e. The Labute approximate surface area is 97.2 Å². The van der Waals surface area contributed by atoms with Crippen LogP contribution in [0.25, 0.3) is 0 Å². The minimum absolute atomic E-state index is 0.421. The molecular weight excluding hydrogens is 231 g/mol. The molecule has 0 bridgehead atoms. The number of halogens is 3. The molecule has 0 aromatic heterocycles. The molecule has 0 saturated heterocycles. The standard InChI is InChI=1S/C12H14F3NO/c13-12(14,15)8-5-4-7-2-1-3-10(17)11(16)9(7)6-8/h4-6,10-11,17H,1-3,16H2/t10-,11-/m1/s1. The van der Waals surface area contributed by atoms with E-state index in [1.54, 1.807) is 0 Å². The molecule has 1 aliphatic carbocycles. The fourth-order valence-corrected chi connectivity index (χ4v) is 2.20. The highest BCUT2D eigenvalue weighted by Crippen LogP contribution is 2.34. The number of hydrogen-bond donors (Lipinski definition) is 2. The summed E-state index contributed by atoms with van der Waals surface area (Å²) in [6.45, 7) is 0. The van der Waals surface area contributed by atoms with E-state index in [-0.39, 0.29) is 0 Å². The first-order chi connectivity index (χ1) is 7.89. The molecule has 2 atom stereocenters. The van der Waals surface area contributed by atoms with Crippen LogP contribution >= 0.6 is 0 Å². The predicted molar refractivity (Wildman–Crippen MR) is 57.3 cm³/mol. The molecular formula is C12H14F3NO. The van der Waals surface area contributed by atoms with Crippen molar-refractivity contribution in [1.29, 1.82) is 0 Å². The molecule has 2 nitrogen and oxygen atoms in total. The average molecular weight is 245 g/mol. The minimum atomic E-state index is -4.37. The second-order valence-electron chi connectivity index (χ2n) is 4.40. The summed E-state index contributed by atoms with van der Waals surface area (Å²) in [6.07, 6.45) is -3.20. The van der Waals surface area contributed by atoms with Gasteiger partial charge in [0.05, 0.1) is 17.7 Å². The van der Waals surface area contributed by atoms with Crippen molar-refractivity contribution in [3.05, 3.63) is 34.9 Å². The highest BCUT2D eigenvalue weighted by atomic mass is 19.4. The number of alkyl halides is 3. The normalized spacial score (nSPS) is 25.2. The molecule has 0 unspecified atom stereocenters. The summed E-state index contributed by atoms with van der Waals surface area (Å²) in [5, 5.41) is 9.69. The Kier molecular flexibility index (Phi) is 3.14. The first-order valence-electron chi connectivity index (χ1n) is 5.53. The quantitative estimate of drug-likeness (QED) is 0.689. The van der Waals surface area contributed by atoms with Crippen LogP contribution in [0.2, 0.25) is 0 Å². The van der Waals surface area contributed by atoms with Gasteiger partial charge in [0.1, 0.15) is 0 Å². The average Bonchev–Trinajstić information content (AvgIpc) is 2.39. The van der Waals surface area contributed by atoms with Crippen LogP contribution in [-0.4, -0.2) is 11.2 Å². The first-order valence-corrected chi connectivity index (χ1v) is 5.53. The smallest absolute Gasteiger partial charge is 0.391 e. The van der Waals surface area contributed by atoms with Gasteiger partial charge in [0.15, 0.2) is 0 Å². The zero-order chi connectivity index (χ0) is 12.6. The van der Waals surface area contributed by atoms with Gasteiger partial charge >= 0.3 is 6.18 Å². The topological polar surface area (TPSA) is 46.2 Å². The summed E-state index contributed by atoms with van der Waals surface area (Å²) in [7, 11) is 0. The van der Waals surface area contributed by atoms with Gasteiger partial charge in [-0.1, -0.05) is 6.07 Å². The van der Waals surface area contributed by atoms with Gasteiger partial charge in [-0.3, -0.25) is 0 Å². The molecule has 1 aromatic rings. The van der Waals surface area contributed by atoms with E-state index < -0.39 is 23.9 Å². The zero-order valence-electron chi connectivity index (χ0n) is 9.17. The van der Waals surface area contributed by atoms with Gasteiger partial charge in [-0.2, -0.15) is 13.2 Å². The number of rotatable bonds is 0. The fraction of sp³-hybridized carbons (Fsp3) is 0.500. The van der Waals surface area contributed by atoms with Gasteiger partial charge in [0.2, 0.25) is 0 Å². The van der Waals surface area contributed by atoms with E-state index in [9.17, 15) is 18.3 Å². The molecule has 0 radical (unpaired) electrons. The first kappa shape index (κ1) is 12.4. The van der Waals surface area contributed by atoms with Gasteiger partial charge < -0.3 is 10.8 Å². The molecule has 0 spiro atoms. The lowest BCUT2D eigenvalue weighted by molar-refractivity contribution is -0.137. The van der Waals surface area contributed by atoms with E-state index >= 15 is 0 Å². The van der Waals surface area contributed by atoms with Crippen molar-refractivity contribution in [1.82, 2.24) is 0 Å². The summed E-state index contributed by atoms with van der Waals surface area (Å²) in [4.78, 5) is 0. The molecule has 0 heterocycles. The number of aryl methyl sites for hydroxylation is 1. The van der Waals surface area contributed by atoms with Crippen molar-refractivity contribution < 1.29 is 18.3 Å². The summed E-state index contributed by atoms with van der Waals surface area (Å²) in [6, 6.07) is 2.88. The summed E-state index contributed by atoms with van der Waals surface area (Å²) < 4.78 is 37.7. The van der Waals surface area contributed by atoms with E-state index in [1.165, 1.54) is 6.07 Å². The zero-order valence-corrected chi connectivity index (χ0v) is 9.17. The lowest BCUT2D eigenvalue weighted by Crippen LogP contribution is -2.25. The van der Waals surface area contributed by atoms with E-state index in [0.717, 1.165) is 24.1 Å². The van der Waals surface area contributed by atoms with Crippen LogP contribution < -0.4 is 5.73 Å². The Hall–Kier alpha value is -1.07. The second kappa shape index (κ2) is 4.31. The molecule has 0 saturated carbocycles. The predicted octanol–water partition coefficient (Wildman–Crippen LogP) is 2.40. The molecule has 0 aliphatic heterocycles. The van der Waals surface area contributed by atoms with Crippen molar-refractivity contribution in [3.63, 3.8) is 0 Å². The summed E-state index contributed by atoms with van der Waals surface area (Å²) in [5.41, 5.74) is 6.31. The Bertz CT molecular complexity index is 417. The third-order valence-electron chi connectivity index (χ3n) is 3.19. The number of fused-ring (bicyclic) bond motifs is 1. The van der Waals surface area contributed by atoms with E-state index in [2.05, 4.69) is 0 Å². The van der Waals surface area contributed by atoms with Crippen LogP contribution in [0.3, 0.4) is 0 Å². The molecule has 3 N–H and O–H groups in total. The number of aliphatic hydroxyl groups excluding tert-OH is 1. The van der Waals surface area contributed by atoms with Crippen LogP contribution in [0.4, 0.5) is 13.2 Å². The van der Waals surface area contributed by atoms with Crippen LogP contribution in [0.5, 0.6) is 0 Å². The highest BCUT2D eigenvalue weighted by molar-refractivity contribution is 5.37. The lowest BCUT2D eigenvalue weighted by atomic mass is 9.96. The van der Waals surface area contributed by atoms with Gasteiger partial charge in [0.25, 0.3) is 0 Å². The number of benzene rings is 1. The molecule has 1 aromatic carbocycles. The molecule has 5 heteroatoms. The maximum Gasteiger partial charge on any atom is 0.416 e. The van der Waals surface area contributed by atoms with Crippen molar-refractivity contribution in [2.75, 3.05) is 0 Å². The third kappa shape index (κ3) is 2.45. The fourth-order valence-electron chi connectivity index (χ4n) is 2.20. The van der Waals surface area contributed by atoms with E-state index in [0.29, 0.717) is 18.4 Å². The number of hydrogen-bond acceptors (Lipinski definition) is 2. The second-order valence-corrected chi connectivity index (χ2v) is 4.40. The van der Waals surface area contributed by atoms with Gasteiger partial charge in [-0.05, 0) is 42.5 Å². The maximum atomic E-state index is 12.6.